The molecule has 1 fully saturated rings. The lowest BCUT2D eigenvalue weighted by Gasteiger charge is -2.35. The first-order chi connectivity index (χ1) is 12.6. The Hall–Kier alpha value is -2.56. The largest absolute Gasteiger partial charge is 0.464 e. The molecule has 1 heterocycles. The van der Waals surface area contributed by atoms with E-state index in [-0.39, 0.29) is 18.4 Å². The highest BCUT2D eigenvalue weighted by Gasteiger charge is 2.33. The Morgan fingerprint density at radius 1 is 1.15 bits per heavy atom. The van der Waals surface area contributed by atoms with E-state index in [4.69, 9.17) is 4.74 Å². The van der Waals surface area contributed by atoms with Crippen LogP contribution in [0.15, 0.2) is 42.5 Å². The maximum atomic E-state index is 12.9. The zero-order chi connectivity index (χ0) is 18.5. The average Bonchev–Trinajstić information content (AvgIpc) is 2.67. The fourth-order valence-electron chi connectivity index (χ4n) is 3.63. The summed E-state index contributed by atoms with van der Waals surface area (Å²) in [5, 5.41) is 2.26. The molecule has 1 saturated heterocycles. The molecule has 0 N–H and O–H groups in total. The van der Waals surface area contributed by atoms with E-state index >= 15 is 0 Å². The van der Waals surface area contributed by atoms with Gasteiger partial charge in [-0.1, -0.05) is 36.4 Å². The van der Waals surface area contributed by atoms with Gasteiger partial charge in [-0.15, -0.1) is 0 Å². The van der Waals surface area contributed by atoms with Crippen molar-refractivity contribution in [3.63, 3.8) is 0 Å². The van der Waals surface area contributed by atoms with Crippen LogP contribution in [0.5, 0.6) is 0 Å². The summed E-state index contributed by atoms with van der Waals surface area (Å²) < 4.78 is 5.16. The molecule has 1 unspecified atom stereocenters. The third-order valence-corrected chi connectivity index (χ3v) is 4.93. The molecule has 0 bridgehead atoms. The number of amides is 1. The molecule has 3 rings (SSSR count). The van der Waals surface area contributed by atoms with Crippen molar-refractivity contribution in [3.05, 3.63) is 42.5 Å². The number of hydrogen-bond donors (Lipinski definition) is 0. The third-order valence-electron chi connectivity index (χ3n) is 4.93. The first-order valence-corrected chi connectivity index (χ1v) is 9.27. The third kappa shape index (κ3) is 3.82. The van der Waals surface area contributed by atoms with Crippen molar-refractivity contribution in [2.45, 2.75) is 32.2 Å². The Morgan fingerprint density at radius 2 is 1.92 bits per heavy atom. The first-order valence-electron chi connectivity index (χ1n) is 9.27. The van der Waals surface area contributed by atoms with Crippen LogP contribution in [-0.4, -0.2) is 49.6 Å². The number of carbonyl (C=O) groups is 2. The molecule has 0 radical (unpaired) electrons. The lowest BCUT2D eigenvalue weighted by atomic mass is 10.0. The van der Waals surface area contributed by atoms with Gasteiger partial charge in [0.25, 0.3) is 0 Å². The predicted octanol–water partition coefficient (Wildman–Crippen LogP) is 3.22. The van der Waals surface area contributed by atoms with Crippen molar-refractivity contribution in [2.75, 3.05) is 31.6 Å². The number of fused-ring (bicyclic) bond motifs is 1. The van der Waals surface area contributed by atoms with Crippen LogP contribution in [-0.2, 0) is 14.3 Å². The van der Waals surface area contributed by atoms with Crippen LogP contribution in [0.4, 0.5) is 5.69 Å². The van der Waals surface area contributed by atoms with Crippen LogP contribution in [0.1, 0.15) is 26.2 Å². The fraction of sp³-hybridized carbons (Fsp3) is 0.429. The van der Waals surface area contributed by atoms with Crippen molar-refractivity contribution >= 4 is 28.3 Å². The van der Waals surface area contributed by atoms with E-state index in [0.717, 1.165) is 29.3 Å². The van der Waals surface area contributed by atoms with Gasteiger partial charge in [0.1, 0.15) is 6.04 Å². The van der Waals surface area contributed by atoms with Crippen molar-refractivity contribution < 1.29 is 14.3 Å². The van der Waals surface area contributed by atoms with E-state index in [1.165, 1.54) is 0 Å². The van der Waals surface area contributed by atoms with Gasteiger partial charge < -0.3 is 14.5 Å². The number of nitrogens with zero attached hydrogens (tertiary/aromatic N) is 2. The minimum Gasteiger partial charge on any atom is -0.464 e. The van der Waals surface area contributed by atoms with Crippen molar-refractivity contribution in [1.82, 2.24) is 4.90 Å². The molecule has 0 saturated carbocycles. The Labute approximate surface area is 154 Å². The number of rotatable bonds is 5. The number of carbonyl (C=O) groups excluding carboxylic acids is 2. The SMILES string of the molecule is CCOC(=O)C1CCCCN1C(=O)CN(C)c1cccc2ccccc12. The summed E-state index contributed by atoms with van der Waals surface area (Å²) in [7, 11) is 1.92. The summed E-state index contributed by atoms with van der Waals surface area (Å²) in [6, 6.07) is 13.8. The maximum absolute atomic E-state index is 12.9. The highest BCUT2D eigenvalue weighted by molar-refractivity contribution is 5.96. The molecular weight excluding hydrogens is 328 g/mol. The first kappa shape index (κ1) is 18.2. The zero-order valence-electron chi connectivity index (χ0n) is 15.5. The van der Waals surface area contributed by atoms with Crippen LogP contribution in [0.3, 0.4) is 0 Å². The molecule has 1 aliphatic rings. The van der Waals surface area contributed by atoms with E-state index < -0.39 is 6.04 Å². The predicted molar refractivity (Wildman–Crippen MR) is 103 cm³/mol. The van der Waals surface area contributed by atoms with Gasteiger partial charge in [0.15, 0.2) is 0 Å². The normalized spacial score (nSPS) is 17.2. The van der Waals surface area contributed by atoms with E-state index in [9.17, 15) is 9.59 Å². The molecule has 1 amide bonds. The van der Waals surface area contributed by atoms with Crippen LogP contribution in [0.2, 0.25) is 0 Å². The molecule has 26 heavy (non-hydrogen) atoms. The molecule has 0 aromatic heterocycles. The number of likely N-dealkylation sites (N-methyl/N-ethyl adjacent to an activating group) is 1. The lowest BCUT2D eigenvalue weighted by molar-refractivity contribution is -0.156. The smallest absolute Gasteiger partial charge is 0.328 e. The molecule has 0 aliphatic carbocycles. The molecule has 1 atom stereocenters. The standard InChI is InChI=1S/C21H26N2O3/c1-3-26-21(25)19-12-6-7-14-23(19)20(24)15-22(2)18-13-8-10-16-9-4-5-11-17(16)18/h4-5,8-11,13,19H,3,6-7,12,14-15H2,1-2H3. The van der Waals surface area contributed by atoms with Crippen LogP contribution < -0.4 is 4.90 Å². The summed E-state index contributed by atoms with van der Waals surface area (Å²) in [6.45, 7) is 2.99. The molecule has 138 valence electrons. The van der Waals surface area contributed by atoms with Crippen LogP contribution in [0, 0.1) is 0 Å². The van der Waals surface area contributed by atoms with Gasteiger partial charge in [0, 0.05) is 24.7 Å². The van der Waals surface area contributed by atoms with Crippen molar-refractivity contribution in [3.8, 4) is 0 Å². The fourth-order valence-corrected chi connectivity index (χ4v) is 3.63. The topological polar surface area (TPSA) is 49.9 Å². The molecule has 5 heteroatoms. The number of piperidine rings is 1. The summed E-state index contributed by atoms with van der Waals surface area (Å²) in [5.74, 6) is -0.313. The quantitative estimate of drug-likeness (QED) is 0.774. The van der Waals surface area contributed by atoms with Gasteiger partial charge in [-0.3, -0.25) is 4.79 Å². The Morgan fingerprint density at radius 3 is 2.73 bits per heavy atom. The minimum atomic E-state index is -0.447. The summed E-state index contributed by atoms with van der Waals surface area (Å²) >= 11 is 0. The lowest BCUT2D eigenvalue weighted by Crippen LogP contribution is -2.51. The second-order valence-electron chi connectivity index (χ2n) is 6.71. The van der Waals surface area contributed by atoms with Gasteiger partial charge in [-0.05, 0) is 37.6 Å². The zero-order valence-corrected chi connectivity index (χ0v) is 15.5. The molecule has 2 aromatic carbocycles. The average molecular weight is 354 g/mol. The number of hydrogen-bond acceptors (Lipinski definition) is 4. The Bertz CT molecular complexity index is 784. The van der Waals surface area contributed by atoms with E-state index in [2.05, 4.69) is 18.2 Å². The number of esters is 1. The Kier molecular flexibility index (Phi) is 5.76. The highest BCUT2D eigenvalue weighted by atomic mass is 16.5. The van der Waals surface area contributed by atoms with Crippen molar-refractivity contribution in [2.24, 2.45) is 0 Å². The molecule has 0 spiro atoms. The number of likely N-dealkylation sites (tertiary alicyclic amines) is 1. The second kappa shape index (κ2) is 8.21. The summed E-state index contributed by atoms with van der Waals surface area (Å²) in [6.07, 6.45) is 2.56. The van der Waals surface area contributed by atoms with Gasteiger partial charge in [-0.25, -0.2) is 4.79 Å². The van der Waals surface area contributed by atoms with Gasteiger partial charge in [0.05, 0.1) is 13.2 Å². The molecule has 1 aliphatic heterocycles. The van der Waals surface area contributed by atoms with E-state index in [1.54, 1.807) is 11.8 Å². The monoisotopic (exact) mass is 354 g/mol. The van der Waals surface area contributed by atoms with E-state index in [0.29, 0.717) is 19.6 Å². The maximum Gasteiger partial charge on any atom is 0.328 e. The van der Waals surface area contributed by atoms with Gasteiger partial charge in [-0.2, -0.15) is 0 Å². The number of anilines is 1. The molecule has 5 nitrogen and oxygen atoms in total. The second-order valence-corrected chi connectivity index (χ2v) is 6.71. The molecular formula is C21H26N2O3. The summed E-state index contributed by atoms with van der Waals surface area (Å²) in [4.78, 5) is 28.8. The van der Waals surface area contributed by atoms with Gasteiger partial charge >= 0.3 is 5.97 Å². The van der Waals surface area contributed by atoms with Crippen LogP contribution in [0.25, 0.3) is 10.8 Å². The van der Waals surface area contributed by atoms with Crippen LogP contribution >= 0.6 is 0 Å². The minimum absolute atomic E-state index is 0.0295. The number of benzene rings is 2. The Balaban J connectivity index is 1.76. The number of ether oxygens (including phenoxy) is 1. The molecule has 2 aromatic rings. The summed E-state index contributed by atoms with van der Waals surface area (Å²) in [5.41, 5.74) is 1.01. The highest BCUT2D eigenvalue weighted by Crippen LogP contribution is 2.26. The van der Waals surface area contributed by atoms with Gasteiger partial charge in [0.2, 0.25) is 5.91 Å². The van der Waals surface area contributed by atoms with E-state index in [1.807, 2.05) is 36.2 Å². The van der Waals surface area contributed by atoms with Crippen molar-refractivity contribution in [1.29, 1.82) is 0 Å².